The van der Waals surface area contributed by atoms with Crippen molar-refractivity contribution in [2.45, 2.75) is 0 Å². The maximum Gasteiger partial charge on any atom is 0.275 e. The second kappa shape index (κ2) is 5.80. The summed E-state index contributed by atoms with van der Waals surface area (Å²) in [7, 11) is 0. The van der Waals surface area contributed by atoms with Gasteiger partial charge in [-0.2, -0.15) is 0 Å². The largest absolute Gasteiger partial charge is 0.288 e. The molecule has 0 aliphatic rings. The van der Waals surface area contributed by atoms with Crippen LogP contribution in [0.25, 0.3) is 12.2 Å². The Morgan fingerprint density at radius 3 is 2.33 bits per heavy atom. The molecular weight excluding hydrogens is 226 g/mol. The van der Waals surface area contributed by atoms with Gasteiger partial charge in [0.1, 0.15) is 0 Å². The Morgan fingerprint density at radius 2 is 1.61 bits per heavy atom. The Balaban J connectivity index is 2.29. The lowest BCUT2D eigenvalue weighted by atomic mass is 10.1. The molecule has 2 rings (SSSR count). The molecule has 0 heterocycles. The van der Waals surface area contributed by atoms with Crippen LogP contribution in [0.4, 0.5) is 0 Å². The second-order valence-corrected chi connectivity index (χ2v) is 3.77. The Morgan fingerprint density at radius 1 is 0.944 bits per heavy atom. The van der Waals surface area contributed by atoms with Gasteiger partial charge in [-0.1, -0.05) is 60.7 Å². The van der Waals surface area contributed by atoms with Crippen molar-refractivity contribution in [1.29, 1.82) is 0 Å². The van der Waals surface area contributed by atoms with E-state index in [2.05, 4.69) is 0 Å². The molecule has 2 aromatic rings. The smallest absolute Gasteiger partial charge is 0.275 e. The van der Waals surface area contributed by atoms with Crippen LogP contribution in [0, 0.1) is 0 Å². The number of benzene rings is 2. The zero-order chi connectivity index (χ0) is 12.8. The summed E-state index contributed by atoms with van der Waals surface area (Å²) in [5.41, 5.74) is 3.89. The lowest BCUT2D eigenvalue weighted by molar-refractivity contribution is 0.0706. The molecule has 0 aliphatic heterocycles. The average molecular weight is 239 g/mol. The first-order valence-electron chi connectivity index (χ1n) is 5.58. The number of carbonyl (C=O) groups is 1. The minimum atomic E-state index is -0.511. The van der Waals surface area contributed by atoms with Gasteiger partial charge in [0.05, 0.1) is 0 Å². The molecule has 3 heteroatoms. The fourth-order valence-corrected chi connectivity index (χ4v) is 1.66. The summed E-state index contributed by atoms with van der Waals surface area (Å²) in [5, 5.41) is 8.67. The van der Waals surface area contributed by atoms with Gasteiger partial charge < -0.3 is 0 Å². The van der Waals surface area contributed by atoms with Crippen LogP contribution in [-0.4, -0.2) is 11.1 Å². The van der Waals surface area contributed by atoms with Crippen molar-refractivity contribution in [3.8, 4) is 0 Å². The molecule has 3 nitrogen and oxygen atoms in total. The second-order valence-electron chi connectivity index (χ2n) is 3.77. The summed E-state index contributed by atoms with van der Waals surface area (Å²) in [4.78, 5) is 11.5. The number of nitrogens with one attached hydrogen (secondary N) is 1. The predicted molar refractivity (Wildman–Crippen MR) is 71.1 cm³/mol. The summed E-state index contributed by atoms with van der Waals surface area (Å²) in [6.45, 7) is 0. The Hall–Kier alpha value is -2.39. The van der Waals surface area contributed by atoms with Gasteiger partial charge in [0.25, 0.3) is 5.91 Å². The molecule has 0 fully saturated rings. The molecule has 0 spiro atoms. The van der Waals surface area contributed by atoms with Gasteiger partial charge in [-0.05, 0) is 17.2 Å². The molecule has 0 unspecified atom stereocenters. The highest BCUT2D eigenvalue weighted by molar-refractivity contribution is 5.97. The molecule has 2 aromatic carbocycles. The van der Waals surface area contributed by atoms with Crippen LogP contribution in [0.15, 0.2) is 54.6 Å². The van der Waals surface area contributed by atoms with Crippen LogP contribution in [0.5, 0.6) is 0 Å². The highest BCUT2D eigenvalue weighted by atomic mass is 16.5. The molecule has 0 radical (unpaired) electrons. The Labute approximate surface area is 105 Å². The van der Waals surface area contributed by atoms with Gasteiger partial charge in [0.15, 0.2) is 0 Å². The monoisotopic (exact) mass is 239 g/mol. The van der Waals surface area contributed by atoms with Gasteiger partial charge in [0.2, 0.25) is 0 Å². The quantitative estimate of drug-likeness (QED) is 0.491. The molecule has 0 aromatic heterocycles. The molecule has 0 bridgehead atoms. The first kappa shape index (κ1) is 12.1. The fourth-order valence-electron chi connectivity index (χ4n) is 1.66. The van der Waals surface area contributed by atoms with Gasteiger partial charge in [-0.15, -0.1) is 0 Å². The number of hydrogen-bond donors (Lipinski definition) is 2. The molecular formula is C15H13NO2. The summed E-state index contributed by atoms with van der Waals surface area (Å²) in [6, 6.07) is 16.9. The third kappa shape index (κ3) is 2.84. The number of hydroxylamine groups is 1. The van der Waals surface area contributed by atoms with E-state index in [0.717, 1.165) is 11.1 Å². The molecule has 0 saturated heterocycles. The third-order valence-electron chi connectivity index (χ3n) is 2.56. The van der Waals surface area contributed by atoms with Crippen LogP contribution < -0.4 is 5.48 Å². The van der Waals surface area contributed by atoms with Crippen molar-refractivity contribution in [2.24, 2.45) is 0 Å². The summed E-state index contributed by atoms with van der Waals surface area (Å²) in [6.07, 6.45) is 3.77. The summed E-state index contributed by atoms with van der Waals surface area (Å²) < 4.78 is 0. The topological polar surface area (TPSA) is 49.3 Å². The lowest BCUT2D eigenvalue weighted by Gasteiger charge is -2.03. The molecule has 0 aliphatic carbocycles. The molecule has 0 atom stereocenters. The van der Waals surface area contributed by atoms with Gasteiger partial charge in [0, 0.05) is 5.56 Å². The zero-order valence-corrected chi connectivity index (χ0v) is 9.71. The first-order chi connectivity index (χ1) is 8.81. The van der Waals surface area contributed by atoms with E-state index >= 15 is 0 Å². The maximum atomic E-state index is 11.5. The highest BCUT2D eigenvalue weighted by Gasteiger charge is 2.06. The van der Waals surface area contributed by atoms with E-state index < -0.39 is 5.91 Å². The normalized spacial score (nSPS) is 10.5. The van der Waals surface area contributed by atoms with Gasteiger partial charge in [-0.25, -0.2) is 5.48 Å². The van der Waals surface area contributed by atoms with Crippen LogP contribution in [0.2, 0.25) is 0 Å². The van der Waals surface area contributed by atoms with Crippen molar-refractivity contribution < 1.29 is 10.0 Å². The van der Waals surface area contributed by atoms with E-state index in [9.17, 15) is 4.79 Å². The van der Waals surface area contributed by atoms with Crippen molar-refractivity contribution in [3.05, 3.63) is 71.3 Å². The molecule has 1 amide bonds. The van der Waals surface area contributed by atoms with E-state index in [4.69, 9.17) is 5.21 Å². The summed E-state index contributed by atoms with van der Waals surface area (Å²) >= 11 is 0. The standard InChI is InChI=1S/C15H13NO2/c17-15(16-18)14-9-5-4-8-13(14)11-10-12-6-2-1-3-7-12/h1-11,18H,(H,16,17). The van der Waals surface area contributed by atoms with Crippen molar-refractivity contribution in [2.75, 3.05) is 0 Å². The van der Waals surface area contributed by atoms with Crippen LogP contribution in [0.1, 0.15) is 21.5 Å². The number of carbonyl (C=O) groups excluding carboxylic acids is 1. The molecule has 18 heavy (non-hydrogen) atoms. The first-order valence-corrected chi connectivity index (χ1v) is 5.58. The fraction of sp³-hybridized carbons (Fsp3) is 0. The SMILES string of the molecule is O=C(NO)c1ccccc1C=Cc1ccccc1. The molecule has 0 saturated carbocycles. The molecule has 90 valence electrons. The van der Waals surface area contributed by atoms with E-state index in [1.807, 2.05) is 54.6 Å². The zero-order valence-electron chi connectivity index (χ0n) is 9.71. The van der Waals surface area contributed by atoms with E-state index in [1.54, 1.807) is 17.6 Å². The van der Waals surface area contributed by atoms with E-state index in [-0.39, 0.29) is 0 Å². The van der Waals surface area contributed by atoms with Crippen LogP contribution >= 0.6 is 0 Å². The van der Waals surface area contributed by atoms with Crippen LogP contribution in [-0.2, 0) is 0 Å². The van der Waals surface area contributed by atoms with Gasteiger partial charge >= 0.3 is 0 Å². The minimum absolute atomic E-state index is 0.437. The van der Waals surface area contributed by atoms with Crippen molar-refractivity contribution in [1.82, 2.24) is 5.48 Å². The average Bonchev–Trinajstić information content (AvgIpc) is 2.45. The Bertz CT molecular complexity index is 562. The van der Waals surface area contributed by atoms with E-state index in [1.165, 1.54) is 0 Å². The molecule has 2 N–H and O–H groups in total. The highest BCUT2D eigenvalue weighted by Crippen LogP contribution is 2.13. The number of amides is 1. The van der Waals surface area contributed by atoms with Gasteiger partial charge in [-0.3, -0.25) is 10.0 Å². The van der Waals surface area contributed by atoms with Crippen LogP contribution in [0.3, 0.4) is 0 Å². The van der Waals surface area contributed by atoms with E-state index in [0.29, 0.717) is 5.56 Å². The Kier molecular flexibility index (Phi) is 3.89. The minimum Gasteiger partial charge on any atom is -0.288 e. The maximum absolute atomic E-state index is 11.5. The summed E-state index contributed by atoms with van der Waals surface area (Å²) in [5.74, 6) is -0.511. The van der Waals surface area contributed by atoms with Crippen molar-refractivity contribution >= 4 is 18.1 Å². The van der Waals surface area contributed by atoms with Crippen molar-refractivity contribution in [3.63, 3.8) is 0 Å². The predicted octanol–water partition coefficient (Wildman–Crippen LogP) is 2.98. The third-order valence-corrected chi connectivity index (χ3v) is 2.56. The lowest BCUT2D eigenvalue weighted by Crippen LogP contribution is -2.19. The number of hydrogen-bond acceptors (Lipinski definition) is 2. The number of rotatable bonds is 3.